The lowest BCUT2D eigenvalue weighted by Gasteiger charge is -1.97. The molecule has 4 nitrogen and oxygen atoms in total. The molecule has 14 heavy (non-hydrogen) atoms. The van der Waals surface area contributed by atoms with Crippen molar-refractivity contribution in [2.45, 2.75) is 11.3 Å². The lowest BCUT2D eigenvalue weighted by molar-refractivity contribution is -0.136. The molecule has 1 rings (SSSR count). The van der Waals surface area contributed by atoms with Crippen LogP contribution in [0, 0.1) is 0 Å². The summed E-state index contributed by atoms with van der Waals surface area (Å²) in [6.45, 7) is 0. The summed E-state index contributed by atoms with van der Waals surface area (Å²) in [6, 6.07) is 4.60. The molecule has 0 aliphatic heterocycles. The molecule has 0 saturated carbocycles. The Bertz CT molecular complexity index is 435. The van der Waals surface area contributed by atoms with Crippen LogP contribution in [0.4, 0.5) is 3.89 Å². The molecule has 0 aliphatic rings. The number of hydrogen-bond acceptors (Lipinski definition) is 3. The molecule has 0 fully saturated rings. The minimum absolute atomic E-state index is 0.216. The van der Waals surface area contributed by atoms with Crippen LogP contribution < -0.4 is 0 Å². The maximum Gasteiger partial charge on any atom is 0.332 e. The third-order valence-corrected chi connectivity index (χ3v) is 2.40. The molecular weight excluding hydrogens is 211 g/mol. The number of carboxylic acid groups (broad SMARTS) is 1. The second-order valence-electron chi connectivity index (χ2n) is 2.65. The Labute approximate surface area is 80.2 Å². The van der Waals surface area contributed by atoms with Crippen LogP contribution in [-0.4, -0.2) is 19.5 Å². The van der Waals surface area contributed by atoms with Gasteiger partial charge in [0.05, 0.1) is 11.3 Å². The van der Waals surface area contributed by atoms with Gasteiger partial charge in [0, 0.05) is 0 Å². The van der Waals surface area contributed by atoms with E-state index in [-0.39, 0.29) is 6.42 Å². The second kappa shape index (κ2) is 3.75. The topological polar surface area (TPSA) is 71.4 Å². The number of rotatable bonds is 3. The lowest BCUT2D eigenvalue weighted by atomic mass is 10.2. The second-order valence-corrected chi connectivity index (χ2v) is 4.00. The summed E-state index contributed by atoms with van der Waals surface area (Å²) in [5.41, 5.74) is 0.421. The molecule has 76 valence electrons. The average molecular weight is 218 g/mol. The third-order valence-electron chi connectivity index (χ3n) is 1.56. The summed E-state index contributed by atoms with van der Waals surface area (Å²) in [5, 5.41) is 8.40. The Morgan fingerprint density at radius 1 is 1.29 bits per heavy atom. The van der Waals surface area contributed by atoms with Crippen molar-refractivity contribution < 1.29 is 22.2 Å². The SMILES string of the molecule is O=C(O)Cc1ccc(S(=O)(=O)F)cc1. The van der Waals surface area contributed by atoms with Crippen molar-refractivity contribution >= 4 is 16.2 Å². The molecule has 0 amide bonds. The maximum atomic E-state index is 12.4. The largest absolute Gasteiger partial charge is 0.481 e. The zero-order chi connectivity index (χ0) is 10.8. The molecule has 1 aromatic rings. The molecule has 0 aliphatic carbocycles. The van der Waals surface area contributed by atoms with Crippen LogP contribution >= 0.6 is 0 Å². The number of benzene rings is 1. The summed E-state index contributed by atoms with van der Waals surface area (Å²) in [4.78, 5) is 9.79. The van der Waals surface area contributed by atoms with Crippen molar-refractivity contribution in [2.24, 2.45) is 0 Å². The molecule has 0 radical (unpaired) electrons. The first kappa shape index (κ1) is 10.6. The van der Waals surface area contributed by atoms with Crippen molar-refractivity contribution in [3.05, 3.63) is 29.8 Å². The van der Waals surface area contributed by atoms with Gasteiger partial charge in [-0.05, 0) is 17.7 Å². The summed E-state index contributed by atoms with van der Waals surface area (Å²) in [5.74, 6) is -1.03. The van der Waals surface area contributed by atoms with Gasteiger partial charge in [0.1, 0.15) is 0 Å². The highest BCUT2D eigenvalue weighted by Crippen LogP contribution is 2.13. The van der Waals surface area contributed by atoms with E-state index >= 15 is 0 Å². The van der Waals surface area contributed by atoms with E-state index in [0.29, 0.717) is 5.56 Å². The Morgan fingerprint density at radius 2 is 1.79 bits per heavy atom. The van der Waals surface area contributed by atoms with E-state index in [0.717, 1.165) is 12.1 Å². The highest BCUT2D eigenvalue weighted by Gasteiger charge is 2.11. The van der Waals surface area contributed by atoms with E-state index in [4.69, 9.17) is 5.11 Å². The van der Waals surface area contributed by atoms with Crippen molar-refractivity contribution in [1.82, 2.24) is 0 Å². The molecule has 0 saturated heterocycles. The van der Waals surface area contributed by atoms with Crippen LogP contribution in [0.25, 0.3) is 0 Å². The lowest BCUT2D eigenvalue weighted by Crippen LogP contribution is -2.00. The Morgan fingerprint density at radius 3 is 2.14 bits per heavy atom. The summed E-state index contributed by atoms with van der Waals surface area (Å²) < 4.78 is 33.1. The van der Waals surface area contributed by atoms with Crippen LogP contribution in [0.15, 0.2) is 29.2 Å². The summed E-state index contributed by atoms with van der Waals surface area (Å²) >= 11 is 0. The molecule has 0 unspecified atom stereocenters. The fourth-order valence-corrected chi connectivity index (χ4v) is 1.41. The van der Waals surface area contributed by atoms with Gasteiger partial charge in [-0.3, -0.25) is 4.79 Å². The quantitative estimate of drug-likeness (QED) is 0.767. The predicted molar refractivity (Wildman–Crippen MR) is 46.1 cm³/mol. The van der Waals surface area contributed by atoms with Gasteiger partial charge >= 0.3 is 16.2 Å². The Hall–Kier alpha value is -1.43. The van der Waals surface area contributed by atoms with Gasteiger partial charge in [-0.15, -0.1) is 3.89 Å². The van der Waals surface area contributed by atoms with Gasteiger partial charge in [0.2, 0.25) is 0 Å². The molecule has 0 bridgehead atoms. The van der Waals surface area contributed by atoms with Crippen LogP contribution in [0.1, 0.15) is 5.56 Å². The molecule has 0 spiro atoms. The number of carbonyl (C=O) groups is 1. The van der Waals surface area contributed by atoms with E-state index in [1.165, 1.54) is 12.1 Å². The van der Waals surface area contributed by atoms with E-state index in [1.807, 2.05) is 0 Å². The van der Waals surface area contributed by atoms with Crippen LogP contribution in [-0.2, 0) is 21.4 Å². The Balaban J connectivity index is 2.95. The normalized spacial score (nSPS) is 11.2. The first-order valence-electron chi connectivity index (χ1n) is 3.65. The standard InChI is InChI=1S/C8H7FO4S/c9-14(12,13)7-3-1-6(2-4-7)5-8(10)11/h1-4H,5H2,(H,10,11). The molecular formula is C8H7FO4S. The smallest absolute Gasteiger partial charge is 0.332 e. The Kier molecular flexibility index (Phi) is 2.85. The van der Waals surface area contributed by atoms with Crippen LogP contribution in [0.5, 0.6) is 0 Å². The van der Waals surface area contributed by atoms with Crippen LogP contribution in [0.3, 0.4) is 0 Å². The van der Waals surface area contributed by atoms with Crippen LogP contribution in [0.2, 0.25) is 0 Å². The van der Waals surface area contributed by atoms with Gasteiger partial charge < -0.3 is 5.11 Å². The molecule has 1 N–H and O–H groups in total. The number of hydrogen-bond donors (Lipinski definition) is 1. The average Bonchev–Trinajstić information content (AvgIpc) is 2.02. The van der Waals surface area contributed by atoms with Gasteiger partial charge in [-0.2, -0.15) is 8.42 Å². The first-order valence-corrected chi connectivity index (χ1v) is 5.03. The van der Waals surface area contributed by atoms with Gasteiger partial charge in [0.15, 0.2) is 0 Å². The molecule has 0 aromatic heterocycles. The highest BCUT2D eigenvalue weighted by atomic mass is 32.3. The maximum absolute atomic E-state index is 12.4. The predicted octanol–water partition coefficient (Wildman–Crippen LogP) is 0.972. The fourth-order valence-electron chi connectivity index (χ4n) is 0.944. The summed E-state index contributed by atoms with van der Waals surface area (Å²) in [6.07, 6.45) is -0.216. The minimum atomic E-state index is -4.70. The van der Waals surface area contributed by atoms with Crippen molar-refractivity contribution in [2.75, 3.05) is 0 Å². The minimum Gasteiger partial charge on any atom is -0.481 e. The van der Waals surface area contributed by atoms with E-state index in [9.17, 15) is 17.1 Å². The number of halogens is 1. The molecule has 0 heterocycles. The van der Waals surface area contributed by atoms with Gasteiger partial charge in [-0.25, -0.2) is 0 Å². The number of carboxylic acids is 1. The zero-order valence-electron chi connectivity index (χ0n) is 6.97. The summed E-state index contributed by atoms with van der Waals surface area (Å²) in [7, 11) is -4.70. The molecule has 1 aromatic carbocycles. The molecule has 6 heteroatoms. The van der Waals surface area contributed by atoms with Gasteiger partial charge in [-0.1, -0.05) is 12.1 Å². The monoisotopic (exact) mass is 218 g/mol. The van der Waals surface area contributed by atoms with Crippen molar-refractivity contribution in [1.29, 1.82) is 0 Å². The van der Waals surface area contributed by atoms with Crippen molar-refractivity contribution in [3.63, 3.8) is 0 Å². The molecule has 0 atom stereocenters. The van der Waals surface area contributed by atoms with E-state index in [1.54, 1.807) is 0 Å². The number of aliphatic carboxylic acids is 1. The van der Waals surface area contributed by atoms with E-state index < -0.39 is 21.1 Å². The van der Waals surface area contributed by atoms with Gasteiger partial charge in [0.25, 0.3) is 0 Å². The van der Waals surface area contributed by atoms with E-state index in [2.05, 4.69) is 0 Å². The highest BCUT2D eigenvalue weighted by molar-refractivity contribution is 7.86. The first-order chi connectivity index (χ1) is 6.39. The fraction of sp³-hybridized carbons (Fsp3) is 0.125. The third kappa shape index (κ3) is 2.81. The zero-order valence-corrected chi connectivity index (χ0v) is 7.79. The van der Waals surface area contributed by atoms with Crippen molar-refractivity contribution in [3.8, 4) is 0 Å².